The van der Waals surface area contributed by atoms with Gasteiger partial charge in [-0.25, -0.2) is 9.78 Å². The van der Waals surface area contributed by atoms with Gasteiger partial charge in [0.1, 0.15) is 5.15 Å². The highest BCUT2D eigenvalue weighted by Crippen LogP contribution is 2.28. The molecular formula is C19H20Cl2N2O5. The van der Waals surface area contributed by atoms with E-state index in [9.17, 15) is 9.59 Å². The van der Waals surface area contributed by atoms with Crippen LogP contribution in [0.4, 0.5) is 0 Å². The number of amides is 1. The fraction of sp³-hybridized carbons (Fsp3) is 0.316. The predicted molar refractivity (Wildman–Crippen MR) is 105 cm³/mol. The number of ether oxygens (including phenoxy) is 3. The van der Waals surface area contributed by atoms with Gasteiger partial charge >= 0.3 is 5.97 Å². The van der Waals surface area contributed by atoms with Crippen molar-refractivity contribution in [1.82, 2.24) is 9.88 Å². The van der Waals surface area contributed by atoms with E-state index in [1.165, 1.54) is 12.3 Å². The number of likely N-dealkylation sites (N-methyl/N-ethyl adjacent to an activating group) is 1. The molecule has 0 fully saturated rings. The van der Waals surface area contributed by atoms with Gasteiger partial charge in [0.25, 0.3) is 5.91 Å². The zero-order chi connectivity index (χ0) is 20.7. The van der Waals surface area contributed by atoms with Crippen molar-refractivity contribution in [1.29, 1.82) is 0 Å². The van der Waals surface area contributed by atoms with Gasteiger partial charge in [0.05, 0.1) is 24.8 Å². The molecule has 0 N–H and O–H groups in total. The Morgan fingerprint density at radius 1 is 1.11 bits per heavy atom. The Bertz CT molecular complexity index is 860. The summed E-state index contributed by atoms with van der Waals surface area (Å²) in [6.45, 7) is 2.21. The zero-order valence-electron chi connectivity index (χ0n) is 15.7. The maximum atomic E-state index is 12.4. The minimum Gasteiger partial charge on any atom is -0.493 e. The average molecular weight is 427 g/mol. The monoisotopic (exact) mass is 426 g/mol. The lowest BCUT2D eigenvalue weighted by Crippen LogP contribution is -2.34. The highest BCUT2D eigenvalue weighted by molar-refractivity contribution is 6.41. The summed E-state index contributed by atoms with van der Waals surface area (Å²) in [5.74, 6) is 0.132. The molecule has 150 valence electrons. The molecule has 0 saturated carbocycles. The molecule has 2 aromatic rings. The number of methoxy groups -OCH3 is 2. The number of nitrogens with zero attached hydrogens (tertiary/aromatic N) is 2. The highest BCUT2D eigenvalue weighted by Gasteiger charge is 2.17. The van der Waals surface area contributed by atoms with E-state index in [2.05, 4.69) is 4.98 Å². The third kappa shape index (κ3) is 5.50. The molecule has 0 aliphatic heterocycles. The quantitative estimate of drug-likeness (QED) is 0.473. The van der Waals surface area contributed by atoms with Gasteiger partial charge in [0.15, 0.2) is 18.1 Å². The van der Waals surface area contributed by atoms with Crippen molar-refractivity contribution in [3.05, 3.63) is 51.8 Å². The first-order valence-electron chi connectivity index (χ1n) is 8.36. The largest absolute Gasteiger partial charge is 0.493 e. The third-order valence-electron chi connectivity index (χ3n) is 3.91. The topological polar surface area (TPSA) is 78.0 Å². The summed E-state index contributed by atoms with van der Waals surface area (Å²) in [4.78, 5) is 29.9. The molecule has 0 aliphatic carbocycles. The number of halogens is 2. The van der Waals surface area contributed by atoms with E-state index in [0.29, 0.717) is 24.6 Å². The standard InChI is InChI=1S/C19H20Cl2N2O5/c1-4-23(10-12-5-6-15(26-2)16(7-12)27-3)17(24)11-28-19(25)13-8-14(20)18(21)22-9-13/h5-9H,4,10-11H2,1-3H3. The van der Waals surface area contributed by atoms with Gasteiger partial charge < -0.3 is 19.1 Å². The van der Waals surface area contributed by atoms with Crippen molar-refractivity contribution in [3.8, 4) is 11.5 Å². The van der Waals surface area contributed by atoms with Gasteiger partial charge in [-0.15, -0.1) is 0 Å². The maximum absolute atomic E-state index is 12.4. The highest BCUT2D eigenvalue weighted by atomic mass is 35.5. The van der Waals surface area contributed by atoms with Crippen LogP contribution in [0.3, 0.4) is 0 Å². The van der Waals surface area contributed by atoms with Crippen LogP contribution in [0.25, 0.3) is 0 Å². The number of benzene rings is 1. The van der Waals surface area contributed by atoms with Crippen molar-refractivity contribution in [2.75, 3.05) is 27.4 Å². The van der Waals surface area contributed by atoms with Crippen molar-refractivity contribution < 1.29 is 23.8 Å². The Hall–Kier alpha value is -2.51. The molecule has 1 amide bonds. The van der Waals surface area contributed by atoms with E-state index in [1.807, 2.05) is 13.0 Å². The van der Waals surface area contributed by atoms with Gasteiger partial charge in [0, 0.05) is 19.3 Å². The number of rotatable bonds is 8. The summed E-state index contributed by atoms with van der Waals surface area (Å²) in [7, 11) is 3.10. The van der Waals surface area contributed by atoms with Gasteiger partial charge in [-0.1, -0.05) is 29.3 Å². The van der Waals surface area contributed by atoms with Crippen LogP contribution in [0.1, 0.15) is 22.8 Å². The SMILES string of the molecule is CCN(Cc1ccc(OC)c(OC)c1)C(=O)COC(=O)c1cnc(Cl)c(Cl)c1. The summed E-state index contributed by atoms with van der Waals surface area (Å²) in [5, 5.41) is 0.215. The molecule has 0 aliphatic rings. The Labute approximate surface area is 173 Å². The first-order chi connectivity index (χ1) is 13.4. The van der Waals surface area contributed by atoms with Crippen molar-refractivity contribution in [3.63, 3.8) is 0 Å². The van der Waals surface area contributed by atoms with Gasteiger partial charge in [-0.2, -0.15) is 0 Å². The first kappa shape index (κ1) is 21.8. The number of carbonyl (C=O) groups excluding carboxylic acids is 2. The molecule has 0 bridgehead atoms. The van der Waals surface area contributed by atoms with E-state index >= 15 is 0 Å². The molecular weight excluding hydrogens is 407 g/mol. The number of carbonyl (C=O) groups is 2. The van der Waals surface area contributed by atoms with Crippen LogP contribution < -0.4 is 9.47 Å². The van der Waals surface area contributed by atoms with Crippen molar-refractivity contribution in [2.24, 2.45) is 0 Å². The van der Waals surface area contributed by atoms with Crippen LogP contribution in [0.5, 0.6) is 11.5 Å². The second-order valence-corrected chi connectivity index (χ2v) is 6.44. The van der Waals surface area contributed by atoms with Gasteiger partial charge in [0.2, 0.25) is 0 Å². The molecule has 0 radical (unpaired) electrons. The number of aromatic nitrogens is 1. The number of esters is 1. The third-order valence-corrected chi connectivity index (χ3v) is 4.60. The zero-order valence-corrected chi connectivity index (χ0v) is 17.2. The second kappa shape index (κ2) is 10.1. The molecule has 1 heterocycles. The normalized spacial score (nSPS) is 10.3. The lowest BCUT2D eigenvalue weighted by Gasteiger charge is -2.21. The number of hydrogen-bond acceptors (Lipinski definition) is 6. The number of hydrogen-bond donors (Lipinski definition) is 0. The fourth-order valence-corrected chi connectivity index (χ4v) is 2.68. The molecule has 2 rings (SSSR count). The maximum Gasteiger partial charge on any atom is 0.340 e. The molecule has 28 heavy (non-hydrogen) atoms. The molecule has 0 saturated heterocycles. The van der Waals surface area contributed by atoms with Crippen LogP contribution in [0.15, 0.2) is 30.5 Å². The van der Waals surface area contributed by atoms with Gasteiger partial charge in [-0.05, 0) is 30.7 Å². The fourth-order valence-electron chi connectivity index (χ4n) is 2.41. The summed E-state index contributed by atoms with van der Waals surface area (Å²) < 4.78 is 15.6. The van der Waals surface area contributed by atoms with Crippen LogP contribution in [-0.2, 0) is 16.1 Å². The molecule has 0 spiro atoms. The van der Waals surface area contributed by atoms with E-state index < -0.39 is 12.6 Å². The summed E-state index contributed by atoms with van der Waals surface area (Å²) in [6, 6.07) is 6.74. The molecule has 9 heteroatoms. The van der Waals surface area contributed by atoms with Crippen LogP contribution in [-0.4, -0.2) is 49.1 Å². The first-order valence-corrected chi connectivity index (χ1v) is 9.12. The molecule has 0 atom stereocenters. The van der Waals surface area contributed by atoms with E-state index in [1.54, 1.807) is 31.3 Å². The summed E-state index contributed by atoms with van der Waals surface area (Å²) in [6.07, 6.45) is 1.24. The molecule has 0 unspecified atom stereocenters. The van der Waals surface area contributed by atoms with E-state index in [-0.39, 0.29) is 21.6 Å². The van der Waals surface area contributed by atoms with Crippen LogP contribution in [0.2, 0.25) is 10.2 Å². The lowest BCUT2D eigenvalue weighted by atomic mass is 10.2. The predicted octanol–water partition coefficient (Wildman–Crippen LogP) is 3.61. The Balaban J connectivity index is 1.99. The van der Waals surface area contributed by atoms with Crippen LogP contribution in [0, 0.1) is 0 Å². The molecule has 1 aromatic heterocycles. The lowest BCUT2D eigenvalue weighted by molar-refractivity contribution is -0.134. The summed E-state index contributed by atoms with van der Waals surface area (Å²) >= 11 is 11.6. The Kier molecular flexibility index (Phi) is 7.90. The molecule has 7 nitrogen and oxygen atoms in total. The minimum absolute atomic E-state index is 0.0846. The molecule has 1 aromatic carbocycles. The van der Waals surface area contributed by atoms with E-state index in [4.69, 9.17) is 37.4 Å². The minimum atomic E-state index is -0.707. The summed E-state index contributed by atoms with van der Waals surface area (Å²) in [5.41, 5.74) is 0.970. The van der Waals surface area contributed by atoms with Gasteiger partial charge in [-0.3, -0.25) is 4.79 Å². The second-order valence-electron chi connectivity index (χ2n) is 5.67. The smallest absolute Gasteiger partial charge is 0.340 e. The van der Waals surface area contributed by atoms with Crippen molar-refractivity contribution >= 4 is 35.1 Å². The van der Waals surface area contributed by atoms with E-state index in [0.717, 1.165) is 5.56 Å². The Morgan fingerprint density at radius 3 is 2.43 bits per heavy atom. The number of pyridine rings is 1. The average Bonchev–Trinajstić information content (AvgIpc) is 2.71. The van der Waals surface area contributed by atoms with Crippen LogP contribution >= 0.6 is 23.2 Å². The van der Waals surface area contributed by atoms with Crippen molar-refractivity contribution in [2.45, 2.75) is 13.5 Å². The Morgan fingerprint density at radius 2 is 1.82 bits per heavy atom.